The SMILES string of the molecule is COc1cccc(CC(=O)NCCn2nc(C)ccc2=O)c1. The number of hydrogen-bond acceptors (Lipinski definition) is 4. The van der Waals surface area contributed by atoms with Gasteiger partial charge in [0.25, 0.3) is 5.56 Å². The Balaban J connectivity index is 1.85. The van der Waals surface area contributed by atoms with Crippen molar-refractivity contribution in [1.82, 2.24) is 15.1 Å². The Bertz CT molecular complexity index is 710. The van der Waals surface area contributed by atoms with E-state index in [0.717, 1.165) is 17.0 Å². The number of rotatable bonds is 6. The van der Waals surface area contributed by atoms with Crippen LogP contribution in [0.5, 0.6) is 5.75 Å². The summed E-state index contributed by atoms with van der Waals surface area (Å²) in [5, 5.41) is 6.90. The molecule has 0 saturated heterocycles. The van der Waals surface area contributed by atoms with Crippen LogP contribution in [0.4, 0.5) is 0 Å². The number of nitrogens with zero attached hydrogens (tertiary/aromatic N) is 2. The number of aromatic nitrogens is 2. The number of aryl methyl sites for hydroxylation is 1. The van der Waals surface area contributed by atoms with Crippen molar-refractivity contribution < 1.29 is 9.53 Å². The lowest BCUT2D eigenvalue weighted by Crippen LogP contribution is -2.32. The molecule has 0 aliphatic carbocycles. The minimum atomic E-state index is -0.173. The number of hydrogen-bond donors (Lipinski definition) is 1. The molecule has 0 atom stereocenters. The van der Waals surface area contributed by atoms with E-state index in [4.69, 9.17) is 4.74 Å². The van der Waals surface area contributed by atoms with Crippen LogP contribution in [-0.2, 0) is 17.8 Å². The molecule has 0 aliphatic rings. The normalized spacial score (nSPS) is 10.3. The van der Waals surface area contributed by atoms with E-state index < -0.39 is 0 Å². The van der Waals surface area contributed by atoms with Gasteiger partial charge in [-0.1, -0.05) is 12.1 Å². The molecule has 0 radical (unpaired) electrons. The van der Waals surface area contributed by atoms with Crippen LogP contribution >= 0.6 is 0 Å². The number of amides is 1. The summed E-state index contributed by atoms with van der Waals surface area (Å²) in [6, 6.07) is 10.5. The second kappa shape index (κ2) is 7.40. The third kappa shape index (κ3) is 4.44. The van der Waals surface area contributed by atoms with E-state index in [0.29, 0.717) is 13.1 Å². The average Bonchev–Trinajstić information content (AvgIpc) is 2.51. The van der Waals surface area contributed by atoms with Gasteiger partial charge in [0.15, 0.2) is 0 Å². The lowest BCUT2D eigenvalue weighted by Gasteiger charge is -2.08. The Morgan fingerprint density at radius 1 is 1.32 bits per heavy atom. The van der Waals surface area contributed by atoms with E-state index in [1.54, 1.807) is 13.2 Å². The van der Waals surface area contributed by atoms with Gasteiger partial charge in [0.05, 0.1) is 25.8 Å². The van der Waals surface area contributed by atoms with Gasteiger partial charge < -0.3 is 10.1 Å². The van der Waals surface area contributed by atoms with E-state index in [9.17, 15) is 9.59 Å². The summed E-state index contributed by atoms with van der Waals surface area (Å²) < 4.78 is 6.47. The predicted molar refractivity (Wildman–Crippen MR) is 82.9 cm³/mol. The Hall–Kier alpha value is -2.63. The molecule has 2 rings (SSSR count). The first kappa shape index (κ1) is 15.8. The fourth-order valence-corrected chi connectivity index (χ4v) is 2.04. The van der Waals surface area contributed by atoms with Gasteiger partial charge in [-0.25, -0.2) is 4.68 Å². The largest absolute Gasteiger partial charge is 0.497 e. The number of benzene rings is 1. The molecule has 6 heteroatoms. The van der Waals surface area contributed by atoms with E-state index in [1.807, 2.05) is 31.2 Å². The Morgan fingerprint density at radius 3 is 2.91 bits per heavy atom. The van der Waals surface area contributed by atoms with Crippen molar-refractivity contribution in [3.8, 4) is 5.75 Å². The van der Waals surface area contributed by atoms with E-state index in [1.165, 1.54) is 10.7 Å². The van der Waals surface area contributed by atoms with E-state index in [-0.39, 0.29) is 17.9 Å². The molecule has 1 aromatic carbocycles. The van der Waals surface area contributed by atoms with Crippen molar-refractivity contribution in [2.24, 2.45) is 0 Å². The molecule has 1 amide bonds. The zero-order valence-corrected chi connectivity index (χ0v) is 12.7. The quantitative estimate of drug-likeness (QED) is 0.861. The van der Waals surface area contributed by atoms with Gasteiger partial charge in [0.2, 0.25) is 5.91 Å². The van der Waals surface area contributed by atoms with Crippen LogP contribution in [0.1, 0.15) is 11.3 Å². The first-order valence-corrected chi connectivity index (χ1v) is 7.03. The maximum absolute atomic E-state index is 11.9. The van der Waals surface area contributed by atoms with Crippen LogP contribution in [0.2, 0.25) is 0 Å². The molecule has 116 valence electrons. The third-order valence-corrected chi connectivity index (χ3v) is 3.14. The fourth-order valence-electron chi connectivity index (χ4n) is 2.04. The van der Waals surface area contributed by atoms with E-state index in [2.05, 4.69) is 10.4 Å². The topological polar surface area (TPSA) is 73.2 Å². The molecule has 0 saturated carbocycles. The molecule has 1 N–H and O–H groups in total. The molecular formula is C16H19N3O3. The van der Waals surface area contributed by atoms with Crippen LogP contribution in [0.3, 0.4) is 0 Å². The van der Waals surface area contributed by atoms with Crippen LogP contribution in [-0.4, -0.2) is 29.3 Å². The van der Waals surface area contributed by atoms with Crippen molar-refractivity contribution in [3.05, 3.63) is 58.0 Å². The molecule has 22 heavy (non-hydrogen) atoms. The average molecular weight is 301 g/mol. The lowest BCUT2D eigenvalue weighted by atomic mass is 10.1. The summed E-state index contributed by atoms with van der Waals surface area (Å²) in [5.74, 6) is 0.620. The van der Waals surface area contributed by atoms with Gasteiger partial charge in [-0.3, -0.25) is 9.59 Å². The van der Waals surface area contributed by atoms with Gasteiger partial charge >= 0.3 is 0 Å². The molecule has 0 fully saturated rings. The summed E-state index contributed by atoms with van der Waals surface area (Å²) in [7, 11) is 1.59. The second-order valence-corrected chi connectivity index (χ2v) is 4.91. The molecule has 2 aromatic rings. The summed E-state index contributed by atoms with van der Waals surface area (Å²) in [4.78, 5) is 23.5. The van der Waals surface area contributed by atoms with Crippen molar-refractivity contribution >= 4 is 5.91 Å². The number of nitrogens with one attached hydrogen (secondary N) is 1. The van der Waals surface area contributed by atoms with Crippen LogP contribution in [0.25, 0.3) is 0 Å². The van der Waals surface area contributed by atoms with E-state index >= 15 is 0 Å². The molecule has 0 aliphatic heterocycles. The van der Waals surface area contributed by atoms with Gasteiger partial charge in [-0.15, -0.1) is 0 Å². The molecule has 0 unspecified atom stereocenters. The van der Waals surface area contributed by atoms with Gasteiger partial charge in [0, 0.05) is 12.6 Å². The zero-order valence-electron chi connectivity index (χ0n) is 12.7. The monoisotopic (exact) mass is 301 g/mol. The standard InChI is InChI=1S/C16H19N3O3/c1-12-6-7-16(21)19(18-12)9-8-17-15(20)11-13-4-3-5-14(10-13)22-2/h3-7,10H,8-9,11H2,1-2H3,(H,17,20). The Morgan fingerprint density at radius 2 is 2.14 bits per heavy atom. The first-order valence-electron chi connectivity index (χ1n) is 7.03. The molecule has 1 heterocycles. The highest BCUT2D eigenvalue weighted by Gasteiger charge is 2.05. The highest BCUT2D eigenvalue weighted by Crippen LogP contribution is 2.12. The molecular weight excluding hydrogens is 282 g/mol. The van der Waals surface area contributed by atoms with Gasteiger partial charge in [-0.2, -0.15) is 5.10 Å². The van der Waals surface area contributed by atoms with Crippen molar-refractivity contribution in [1.29, 1.82) is 0 Å². The fraction of sp³-hybridized carbons (Fsp3) is 0.312. The van der Waals surface area contributed by atoms with Gasteiger partial charge in [-0.05, 0) is 30.7 Å². The minimum absolute atomic E-state index is 0.103. The van der Waals surface area contributed by atoms with Crippen molar-refractivity contribution in [3.63, 3.8) is 0 Å². The van der Waals surface area contributed by atoms with Gasteiger partial charge in [0.1, 0.15) is 5.75 Å². The first-order chi connectivity index (χ1) is 10.6. The maximum Gasteiger partial charge on any atom is 0.266 e. The summed E-state index contributed by atoms with van der Waals surface area (Å²) in [6.45, 7) is 2.53. The van der Waals surface area contributed by atoms with Crippen LogP contribution in [0.15, 0.2) is 41.2 Å². The number of carbonyl (C=O) groups is 1. The highest BCUT2D eigenvalue weighted by molar-refractivity contribution is 5.78. The Kier molecular flexibility index (Phi) is 5.30. The van der Waals surface area contributed by atoms with Crippen LogP contribution in [0, 0.1) is 6.92 Å². The van der Waals surface area contributed by atoms with Crippen molar-refractivity contribution in [2.45, 2.75) is 19.9 Å². The molecule has 0 bridgehead atoms. The zero-order chi connectivity index (χ0) is 15.9. The predicted octanol–water partition coefficient (Wildman–Crippen LogP) is 0.919. The maximum atomic E-state index is 11.9. The lowest BCUT2D eigenvalue weighted by molar-refractivity contribution is -0.120. The number of methoxy groups -OCH3 is 1. The highest BCUT2D eigenvalue weighted by atomic mass is 16.5. The number of carbonyl (C=O) groups excluding carboxylic acids is 1. The van der Waals surface area contributed by atoms with Crippen molar-refractivity contribution in [2.75, 3.05) is 13.7 Å². The summed E-state index contributed by atoms with van der Waals surface area (Å²) in [5.41, 5.74) is 1.47. The third-order valence-electron chi connectivity index (χ3n) is 3.14. The second-order valence-electron chi connectivity index (χ2n) is 4.91. The number of ether oxygens (including phenoxy) is 1. The molecule has 6 nitrogen and oxygen atoms in total. The summed E-state index contributed by atoms with van der Waals surface area (Å²) in [6.07, 6.45) is 0.271. The Labute approximate surface area is 128 Å². The minimum Gasteiger partial charge on any atom is -0.497 e. The van der Waals surface area contributed by atoms with Crippen LogP contribution < -0.4 is 15.6 Å². The summed E-state index contributed by atoms with van der Waals surface area (Å²) >= 11 is 0. The molecule has 0 spiro atoms. The molecule has 1 aromatic heterocycles. The smallest absolute Gasteiger partial charge is 0.266 e.